The van der Waals surface area contributed by atoms with Crippen LogP contribution in [0.2, 0.25) is 0 Å². The molecule has 3 heterocycles. The van der Waals surface area contributed by atoms with Crippen molar-refractivity contribution in [1.29, 1.82) is 0 Å². The summed E-state index contributed by atoms with van der Waals surface area (Å²) < 4.78 is 0. The van der Waals surface area contributed by atoms with Gasteiger partial charge in [-0.15, -0.1) is 0 Å². The van der Waals surface area contributed by atoms with Crippen molar-refractivity contribution in [3.63, 3.8) is 0 Å². The van der Waals surface area contributed by atoms with Crippen LogP contribution >= 0.6 is 0 Å². The van der Waals surface area contributed by atoms with E-state index in [1.807, 2.05) is 42.7 Å². The van der Waals surface area contributed by atoms with Crippen molar-refractivity contribution in [1.82, 2.24) is 25.4 Å². The van der Waals surface area contributed by atoms with Gasteiger partial charge < -0.3 is 15.5 Å². The first kappa shape index (κ1) is 21.8. The lowest BCUT2D eigenvalue weighted by Gasteiger charge is -2.37. The summed E-state index contributed by atoms with van der Waals surface area (Å²) >= 11 is 0. The number of aromatic nitrogens is 1. The standard InChI is InChI=1S/C25H35N5O/c31-25(27-18-21-4-2-1-3-5-21)28-24-10-16-30(17-11-24)20-23-8-14-29(15-9-23)19-22-6-12-26-13-7-22/h1-7,12-13,23-24H,8-11,14-20H2,(H2,27,28,31). The van der Waals surface area contributed by atoms with Crippen molar-refractivity contribution in [2.24, 2.45) is 5.92 Å². The van der Waals surface area contributed by atoms with Gasteiger partial charge in [0.1, 0.15) is 0 Å². The molecule has 2 fully saturated rings. The van der Waals surface area contributed by atoms with Crippen molar-refractivity contribution in [2.45, 2.75) is 44.8 Å². The van der Waals surface area contributed by atoms with Crippen LogP contribution in [0.5, 0.6) is 0 Å². The van der Waals surface area contributed by atoms with Gasteiger partial charge in [0.2, 0.25) is 0 Å². The number of carbonyl (C=O) groups excluding carboxylic acids is 1. The smallest absolute Gasteiger partial charge is 0.315 e. The van der Waals surface area contributed by atoms with Gasteiger partial charge in [0.05, 0.1) is 0 Å². The second-order valence-corrected chi connectivity index (χ2v) is 8.96. The number of rotatable bonds is 7. The average Bonchev–Trinajstić information content (AvgIpc) is 2.82. The van der Waals surface area contributed by atoms with Gasteiger partial charge >= 0.3 is 6.03 Å². The highest BCUT2D eigenvalue weighted by Crippen LogP contribution is 2.22. The van der Waals surface area contributed by atoms with E-state index in [2.05, 4.69) is 37.6 Å². The fourth-order valence-electron chi connectivity index (χ4n) is 4.71. The molecule has 6 heteroatoms. The number of benzene rings is 1. The predicted molar refractivity (Wildman–Crippen MR) is 124 cm³/mol. The van der Waals surface area contributed by atoms with E-state index < -0.39 is 0 Å². The van der Waals surface area contributed by atoms with Crippen molar-refractivity contribution in [3.05, 3.63) is 66.0 Å². The summed E-state index contributed by atoms with van der Waals surface area (Å²) in [5, 5.41) is 6.13. The molecule has 2 aliphatic rings. The monoisotopic (exact) mass is 421 g/mol. The molecule has 2 aliphatic heterocycles. The van der Waals surface area contributed by atoms with Crippen LogP contribution in [0.25, 0.3) is 0 Å². The van der Waals surface area contributed by atoms with Crippen molar-refractivity contribution in [2.75, 3.05) is 32.7 Å². The average molecular weight is 422 g/mol. The summed E-state index contributed by atoms with van der Waals surface area (Å²) in [6.07, 6.45) is 8.41. The number of nitrogens with zero attached hydrogens (tertiary/aromatic N) is 3. The van der Waals surface area contributed by atoms with Crippen LogP contribution < -0.4 is 10.6 Å². The fourth-order valence-corrected chi connectivity index (χ4v) is 4.71. The Labute approximate surface area is 186 Å². The van der Waals surface area contributed by atoms with Gasteiger partial charge in [0.15, 0.2) is 0 Å². The number of piperidine rings is 2. The Hall–Kier alpha value is -2.44. The molecule has 31 heavy (non-hydrogen) atoms. The highest BCUT2D eigenvalue weighted by atomic mass is 16.2. The van der Waals surface area contributed by atoms with Gasteiger partial charge in [-0.25, -0.2) is 4.79 Å². The molecule has 0 unspecified atom stereocenters. The molecular formula is C25H35N5O. The molecule has 166 valence electrons. The molecule has 0 radical (unpaired) electrons. The number of hydrogen-bond acceptors (Lipinski definition) is 4. The van der Waals surface area contributed by atoms with Crippen LogP contribution in [0.1, 0.15) is 36.8 Å². The first-order chi connectivity index (χ1) is 15.2. The maximum atomic E-state index is 12.2. The van der Waals surface area contributed by atoms with Crippen LogP contribution in [-0.2, 0) is 13.1 Å². The number of amides is 2. The van der Waals surface area contributed by atoms with Crippen LogP contribution in [0, 0.1) is 5.92 Å². The Kier molecular flexibility index (Phi) is 7.91. The van der Waals surface area contributed by atoms with Crippen molar-refractivity contribution < 1.29 is 4.79 Å². The normalized spacial score (nSPS) is 19.2. The molecule has 2 saturated heterocycles. The largest absolute Gasteiger partial charge is 0.335 e. The van der Waals surface area contributed by atoms with Gasteiger partial charge in [-0.05, 0) is 68.0 Å². The summed E-state index contributed by atoms with van der Waals surface area (Å²) in [5.41, 5.74) is 2.48. The third kappa shape index (κ3) is 7.04. The van der Waals surface area contributed by atoms with E-state index in [0.717, 1.165) is 44.0 Å². The van der Waals surface area contributed by atoms with E-state index in [1.165, 1.54) is 38.0 Å². The summed E-state index contributed by atoms with van der Waals surface area (Å²) in [7, 11) is 0. The lowest BCUT2D eigenvalue weighted by Crippen LogP contribution is -2.49. The number of urea groups is 1. The zero-order chi connectivity index (χ0) is 21.3. The number of carbonyl (C=O) groups is 1. The van der Waals surface area contributed by atoms with E-state index in [9.17, 15) is 4.79 Å². The molecule has 1 aromatic carbocycles. The van der Waals surface area contributed by atoms with Gasteiger partial charge in [0, 0.05) is 51.2 Å². The maximum Gasteiger partial charge on any atom is 0.315 e. The summed E-state index contributed by atoms with van der Waals surface area (Å²) in [5.74, 6) is 0.798. The molecule has 0 aliphatic carbocycles. The number of hydrogen-bond donors (Lipinski definition) is 2. The minimum absolute atomic E-state index is 0.0520. The van der Waals surface area contributed by atoms with Crippen molar-refractivity contribution >= 4 is 6.03 Å². The lowest BCUT2D eigenvalue weighted by molar-refractivity contribution is 0.121. The molecule has 2 amide bonds. The maximum absolute atomic E-state index is 12.2. The Morgan fingerprint density at radius 1 is 0.871 bits per heavy atom. The van der Waals surface area contributed by atoms with E-state index in [-0.39, 0.29) is 12.1 Å². The predicted octanol–water partition coefficient (Wildman–Crippen LogP) is 3.26. The molecule has 0 spiro atoms. The van der Waals surface area contributed by atoms with Crippen molar-refractivity contribution in [3.8, 4) is 0 Å². The topological polar surface area (TPSA) is 60.5 Å². The minimum Gasteiger partial charge on any atom is -0.335 e. The Morgan fingerprint density at radius 2 is 1.55 bits per heavy atom. The van der Waals surface area contributed by atoms with Gasteiger partial charge in [-0.2, -0.15) is 0 Å². The second kappa shape index (κ2) is 11.3. The summed E-state index contributed by atoms with van der Waals surface area (Å²) in [6, 6.07) is 14.5. The Balaban J connectivity index is 1.10. The third-order valence-corrected chi connectivity index (χ3v) is 6.60. The number of likely N-dealkylation sites (tertiary alicyclic amines) is 2. The molecule has 0 atom stereocenters. The number of pyridine rings is 1. The third-order valence-electron chi connectivity index (χ3n) is 6.60. The molecule has 1 aromatic heterocycles. The SMILES string of the molecule is O=C(NCc1ccccc1)NC1CCN(CC2CCN(Cc3ccncc3)CC2)CC1. The number of nitrogens with one attached hydrogen (secondary N) is 2. The molecule has 0 bridgehead atoms. The molecule has 2 N–H and O–H groups in total. The highest BCUT2D eigenvalue weighted by Gasteiger charge is 2.25. The van der Waals surface area contributed by atoms with E-state index in [4.69, 9.17) is 0 Å². The van der Waals surface area contributed by atoms with Gasteiger partial charge in [-0.3, -0.25) is 9.88 Å². The first-order valence-electron chi connectivity index (χ1n) is 11.7. The molecule has 2 aromatic rings. The quantitative estimate of drug-likeness (QED) is 0.720. The first-order valence-corrected chi connectivity index (χ1v) is 11.7. The highest BCUT2D eigenvalue weighted by molar-refractivity contribution is 5.74. The van der Waals surface area contributed by atoms with E-state index in [0.29, 0.717) is 6.54 Å². The fraction of sp³-hybridized carbons (Fsp3) is 0.520. The summed E-state index contributed by atoms with van der Waals surface area (Å²) in [4.78, 5) is 21.5. The van der Waals surface area contributed by atoms with E-state index in [1.54, 1.807) is 0 Å². The Bertz CT molecular complexity index is 784. The molecule has 0 saturated carbocycles. The summed E-state index contributed by atoms with van der Waals surface area (Å²) in [6.45, 7) is 7.36. The second-order valence-electron chi connectivity index (χ2n) is 8.96. The zero-order valence-electron chi connectivity index (χ0n) is 18.4. The van der Waals surface area contributed by atoms with Crippen LogP contribution in [-0.4, -0.2) is 59.6 Å². The van der Waals surface area contributed by atoms with Crippen LogP contribution in [0.3, 0.4) is 0 Å². The minimum atomic E-state index is -0.0520. The Morgan fingerprint density at radius 3 is 2.26 bits per heavy atom. The van der Waals surface area contributed by atoms with Gasteiger partial charge in [0.25, 0.3) is 0 Å². The lowest BCUT2D eigenvalue weighted by atomic mass is 9.94. The van der Waals surface area contributed by atoms with E-state index >= 15 is 0 Å². The van der Waals surface area contributed by atoms with Crippen LogP contribution in [0.4, 0.5) is 4.79 Å². The molecular weight excluding hydrogens is 386 g/mol. The molecule has 4 rings (SSSR count). The van der Waals surface area contributed by atoms with Crippen LogP contribution in [0.15, 0.2) is 54.9 Å². The van der Waals surface area contributed by atoms with Gasteiger partial charge in [-0.1, -0.05) is 30.3 Å². The molecule has 6 nitrogen and oxygen atoms in total. The zero-order valence-corrected chi connectivity index (χ0v) is 18.4.